The van der Waals surface area contributed by atoms with Gasteiger partial charge >= 0.3 is 11.9 Å². The number of esters is 2. The number of aldehydes is 1. The first-order chi connectivity index (χ1) is 18.6. The van der Waals surface area contributed by atoms with Crippen LogP contribution in [0.5, 0.6) is 11.5 Å². The fraction of sp³-hybridized carbons (Fsp3) is 0.531. The second-order valence-electron chi connectivity index (χ2n) is 10.2. The third-order valence-electron chi connectivity index (χ3n) is 7.23. The molecule has 0 N–H and O–H groups in total. The number of hydrogen-bond donors (Lipinski definition) is 0. The third kappa shape index (κ3) is 10.3. The Hall–Kier alpha value is -3.15. The number of unbranched alkanes of at least 4 members (excludes halogenated alkanes) is 3. The third-order valence-corrected chi connectivity index (χ3v) is 7.23. The summed E-state index contributed by atoms with van der Waals surface area (Å²) in [4.78, 5) is 34.1. The first-order valence-electron chi connectivity index (χ1n) is 14.2. The SMILES string of the molecule is CCCC1CCC(c2ccc(OC(=O)c3ccc(OCCCCCCOC(=O)CCC=O)cc3)cc2)CC1. The van der Waals surface area contributed by atoms with Gasteiger partial charge in [-0.3, -0.25) is 4.79 Å². The summed E-state index contributed by atoms with van der Waals surface area (Å²) in [5.41, 5.74) is 1.83. The molecule has 0 radical (unpaired) electrons. The Morgan fingerprint density at radius 3 is 2.16 bits per heavy atom. The molecule has 1 saturated carbocycles. The molecule has 206 valence electrons. The second-order valence-corrected chi connectivity index (χ2v) is 10.2. The maximum atomic E-state index is 12.6. The van der Waals surface area contributed by atoms with Crippen molar-refractivity contribution in [1.29, 1.82) is 0 Å². The second kappa shape index (κ2) is 16.6. The summed E-state index contributed by atoms with van der Waals surface area (Å²) in [5.74, 6) is 2.09. The van der Waals surface area contributed by atoms with Gasteiger partial charge < -0.3 is 19.0 Å². The molecular weight excluding hydrogens is 480 g/mol. The van der Waals surface area contributed by atoms with Gasteiger partial charge in [0.25, 0.3) is 0 Å². The van der Waals surface area contributed by atoms with E-state index in [-0.39, 0.29) is 24.8 Å². The zero-order valence-corrected chi connectivity index (χ0v) is 22.7. The van der Waals surface area contributed by atoms with Gasteiger partial charge in [-0.05, 0) is 105 Å². The highest BCUT2D eigenvalue weighted by atomic mass is 16.5. The number of hydrogen-bond acceptors (Lipinski definition) is 6. The molecule has 6 heteroatoms. The van der Waals surface area contributed by atoms with Crippen molar-refractivity contribution in [1.82, 2.24) is 0 Å². The molecule has 0 aromatic heterocycles. The van der Waals surface area contributed by atoms with E-state index in [1.54, 1.807) is 24.3 Å². The molecular formula is C32H42O6. The molecule has 0 heterocycles. The van der Waals surface area contributed by atoms with Crippen molar-refractivity contribution < 1.29 is 28.6 Å². The molecule has 1 aliphatic carbocycles. The molecule has 0 aliphatic heterocycles. The molecule has 1 aliphatic rings. The van der Waals surface area contributed by atoms with Crippen LogP contribution in [0, 0.1) is 5.92 Å². The van der Waals surface area contributed by atoms with E-state index in [0.717, 1.165) is 37.9 Å². The van der Waals surface area contributed by atoms with E-state index in [0.29, 0.717) is 36.2 Å². The number of carbonyl (C=O) groups excluding carboxylic acids is 3. The van der Waals surface area contributed by atoms with Gasteiger partial charge in [0.2, 0.25) is 0 Å². The average molecular weight is 523 g/mol. The van der Waals surface area contributed by atoms with Crippen LogP contribution in [0.4, 0.5) is 0 Å². The standard InChI is InChI=1S/C32H42O6/c1-2-8-25-10-12-26(13-11-25)27-14-20-30(21-15-27)38-32(35)28-16-18-29(19-17-28)36-23-5-3-4-6-24-37-31(34)9-7-22-33/h14-22,25-26H,2-13,23-24H2,1H3. The van der Waals surface area contributed by atoms with Crippen LogP contribution in [-0.2, 0) is 14.3 Å². The smallest absolute Gasteiger partial charge is 0.343 e. The fourth-order valence-corrected chi connectivity index (χ4v) is 5.04. The first-order valence-corrected chi connectivity index (χ1v) is 14.2. The Morgan fingerprint density at radius 1 is 0.842 bits per heavy atom. The summed E-state index contributed by atoms with van der Waals surface area (Å²) in [7, 11) is 0. The van der Waals surface area contributed by atoms with Gasteiger partial charge in [0.05, 0.1) is 25.2 Å². The van der Waals surface area contributed by atoms with E-state index in [1.807, 2.05) is 12.1 Å². The first kappa shape index (κ1) is 29.4. The lowest BCUT2D eigenvalue weighted by Crippen LogP contribution is -2.13. The van der Waals surface area contributed by atoms with Crippen molar-refractivity contribution in [3.8, 4) is 11.5 Å². The summed E-state index contributed by atoms with van der Waals surface area (Å²) in [6.07, 6.45) is 12.4. The van der Waals surface area contributed by atoms with E-state index in [4.69, 9.17) is 14.2 Å². The van der Waals surface area contributed by atoms with Crippen LogP contribution in [0.15, 0.2) is 48.5 Å². The quantitative estimate of drug-likeness (QED) is 0.0986. The number of rotatable bonds is 16. The van der Waals surface area contributed by atoms with E-state index in [1.165, 1.54) is 44.1 Å². The van der Waals surface area contributed by atoms with Crippen LogP contribution in [0.3, 0.4) is 0 Å². The van der Waals surface area contributed by atoms with Crippen LogP contribution in [0.2, 0.25) is 0 Å². The molecule has 3 rings (SSSR count). The van der Waals surface area contributed by atoms with Crippen molar-refractivity contribution in [3.05, 3.63) is 59.7 Å². The average Bonchev–Trinajstić information content (AvgIpc) is 2.94. The van der Waals surface area contributed by atoms with Gasteiger partial charge in [-0.25, -0.2) is 4.79 Å². The maximum Gasteiger partial charge on any atom is 0.343 e. The van der Waals surface area contributed by atoms with Gasteiger partial charge in [0.15, 0.2) is 0 Å². The zero-order valence-electron chi connectivity index (χ0n) is 22.7. The molecule has 0 spiro atoms. The largest absolute Gasteiger partial charge is 0.494 e. The lowest BCUT2D eigenvalue weighted by molar-refractivity contribution is -0.144. The highest BCUT2D eigenvalue weighted by Crippen LogP contribution is 2.37. The molecule has 0 unspecified atom stereocenters. The van der Waals surface area contributed by atoms with Crippen molar-refractivity contribution in [2.45, 2.75) is 89.9 Å². The summed E-state index contributed by atoms with van der Waals surface area (Å²) in [6.45, 7) is 3.24. The normalized spacial score (nSPS) is 17.0. The molecule has 0 bridgehead atoms. The molecule has 38 heavy (non-hydrogen) atoms. The Morgan fingerprint density at radius 2 is 1.50 bits per heavy atom. The van der Waals surface area contributed by atoms with E-state index in [9.17, 15) is 14.4 Å². The minimum Gasteiger partial charge on any atom is -0.494 e. The lowest BCUT2D eigenvalue weighted by Gasteiger charge is -2.28. The summed E-state index contributed by atoms with van der Waals surface area (Å²) < 4.78 is 16.4. The Bertz CT molecular complexity index is 974. The summed E-state index contributed by atoms with van der Waals surface area (Å²) in [5, 5.41) is 0. The monoisotopic (exact) mass is 522 g/mol. The molecule has 2 aromatic rings. The predicted molar refractivity (Wildman–Crippen MR) is 148 cm³/mol. The van der Waals surface area contributed by atoms with Gasteiger partial charge in [-0.15, -0.1) is 0 Å². The topological polar surface area (TPSA) is 78.9 Å². The molecule has 6 nitrogen and oxygen atoms in total. The van der Waals surface area contributed by atoms with E-state index < -0.39 is 0 Å². The van der Waals surface area contributed by atoms with E-state index in [2.05, 4.69) is 19.1 Å². The maximum absolute atomic E-state index is 12.6. The Kier molecular flexibility index (Phi) is 12.9. The highest BCUT2D eigenvalue weighted by Gasteiger charge is 2.22. The van der Waals surface area contributed by atoms with Gasteiger partial charge in [0.1, 0.15) is 17.8 Å². The highest BCUT2D eigenvalue weighted by molar-refractivity contribution is 5.91. The van der Waals surface area contributed by atoms with Gasteiger partial charge in [0, 0.05) is 6.42 Å². The van der Waals surface area contributed by atoms with Crippen molar-refractivity contribution in [3.63, 3.8) is 0 Å². The molecule has 0 saturated heterocycles. The molecule has 1 fully saturated rings. The van der Waals surface area contributed by atoms with Crippen LogP contribution in [0.1, 0.15) is 106 Å². The minimum absolute atomic E-state index is 0.154. The van der Waals surface area contributed by atoms with Crippen molar-refractivity contribution in [2.24, 2.45) is 5.92 Å². The Labute approximate surface area is 227 Å². The van der Waals surface area contributed by atoms with Crippen molar-refractivity contribution in [2.75, 3.05) is 13.2 Å². The summed E-state index contributed by atoms with van der Waals surface area (Å²) >= 11 is 0. The van der Waals surface area contributed by atoms with Crippen LogP contribution >= 0.6 is 0 Å². The Balaban J connectivity index is 1.31. The zero-order chi connectivity index (χ0) is 27.0. The molecule has 2 aromatic carbocycles. The lowest BCUT2D eigenvalue weighted by atomic mass is 9.77. The number of carbonyl (C=O) groups is 3. The molecule has 0 amide bonds. The van der Waals surface area contributed by atoms with Gasteiger partial charge in [-0.2, -0.15) is 0 Å². The number of benzene rings is 2. The van der Waals surface area contributed by atoms with E-state index >= 15 is 0 Å². The fourth-order valence-electron chi connectivity index (χ4n) is 5.04. The van der Waals surface area contributed by atoms with Gasteiger partial charge in [-0.1, -0.05) is 31.9 Å². The minimum atomic E-state index is -0.378. The predicted octanol–water partition coefficient (Wildman–Crippen LogP) is 7.44. The molecule has 0 atom stereocenters. The summed E-state index contributed by atoms with van der Waals surface area (Å²) in [6, 6.07) is 15.0. The van der Waals surface area contributed by atoms with Crippen LogP contribution in [0.25, 0.3) is 0 Å². The van der Waals surface area contributed by atoms with Crippen LogP contribution < -0.4 is 9.47 Å². The number of ether oxygens (including phenoxy) is 3. The van der Waals surface area contributed by atoms with Crippen LogP contribution in [-0.4, -0.2) is 31.4 Å². The van der Waals surface area contributed by atoms with Crippen molar-refractivity contribution >= 4 is 18.2 Å².